The standard InChI is InChI=1S/C23H23N3O4/c1-29-20-8-4-16(5-9-20)14-24-23(28)25-19-7-6-17-10-11-26(15-18(17)13-19)22(27)21-3-2-12-30-21/h2-9,12-13H,10-11,14-15H2,1H3,(H2,24,25,28). The van der Waals surface area contributed by atoms with Gasteiger partial charge in [-0.1, -0.05) is 18.2 Å². The van der Waals surface area contributed by atoms with Crippen LogP contribution in [0.1, 0.15) is 27.2 Å². The van der Waals surface area contributed by atoms with Crippen molar-refractivity contribution in [2.75, 3.05) is 19.0 Å². The van der Waals surface area contributed by atoms with E-state index in [1.165, 1.54) is 11.8 Å². The number of ether oxygens (including phenoxy) is 1. The highest BCUT2D eigenvalue weighted by Gasteiger charge is 2.23. The Balaban J connectivity index is 1.36. The van der Waals surface area contributed by atoms with E-state index in [-0.39, 0.29) is 11.9 Å². The summed E-state index contributed by atoms with van der Waals surface area (Å²) in [5.41, 5.74) is 3.87. The molecule has 0 radical (unpaired) electrons. The number of rotatable bonds is 5. The van der Waals surface area contributed by atoms with E-state index >= 15 is 0 Å². The number of anilines is 1. The van der Waals surface area contributed by atoms with Gasteiger partial charge in [0, 0.05) is 25.3 Å². The Kier molecular flexibility index (Phi) is 5.70. The van der Waals surface area contributed by atoms with Crippen molar-refractivity contribution in [3.05, 3.63) is 83.3 Å². The maximum absolute atomic E-state index is 12.5. The molecule has 1 aliphatic heterocycles. The van der Waals surface area contributed by atoms with Gasteiger partial charge < -0.3 is 24.7 Å². The molecule has 0 spiro atoms. The van der Waals surface area contributed by atoms with Crippen molar-refractivity contribution in [1.82, 2.24) is 10.2 Å². The zero-order valence-corrected chi connectivity index (χ0v) is 16.7. The molecule has 0 bridgehead atoms. The van der Waals surface area contributed by atoms with Crippen molar-refractivity contribution in [1.29, 1.82) is 0 Å². The first kappa shape index (κ1) is 19.6. The van der Waals surface area contributed by atoms with Crippen molar-refractivity contribution < 1.29 is 18.7 Å². The summed E-state index contributed by atoms with van der Waals surface area (Å²) >= 11 is 0. The minimum atomic E-state index is -0.287. The molecule has 154 valence electrons. The highest BCUT2D eigenvalue weighted by Crippen LogP contribution is 2.24. The predicted octanol–water partition coefficient (Wildman–Crippen LogP) is 3.81. The third-order valence-electron chi connectivity index (χ3n) is 5.11. The first-order valence-electron chi connectivity index (χ1n) is 9.75. The molecule has 0 saturated carbocycles. The van der Waals surface area contributed by atoms with Crippen molar-refractivity contribution >= 4 is 17.6 Å². The lowest BCUT2D eigenvalue weighted by atomic mass is 9.99. The van der Waals surface area contributed by atoms with Crippen LogP contribution in [-0.4, -0.2) is 30.5 Å². The second-order valence-corrected chi connectivity index (χ2v) is 7.09. The fourth-order valence-electron chi connectivity index (χ4n) is 3.47. The van der Waals surface area contributed by atoms with Gasteiger partial charge in [-0.2, -0.15) is 0 Å². The Morgan fingerprint density at radius 1 is 1.10 bits per heavy atom. The van der Waals surface area contributed by atoms with Crippen LogP contribution < -0.4 is 15.4 Å². The largest absolute Gasteiger partial charge is 0.497 e. The molecule has 7 nitrogen and oxygen atoms in total. The van der Waals surface area contributed by atoms with Crippen LogP contribution in [-0.2, 0) is 19.5 Å². The SMILES string of the molecule is COc1ccc(CNC(=O)Nc2ccc3c(c2)CN(C(=O)c2ccco2)CC3)cc1. The van der Waals surface area contributed by atoms with Gasteiger partial charge in [-0.15, -0.1) is 0 Å². The number of fused-ring (bicyclic) bond motifs is 1. The lowest BCUT2D eigenvalue weighted by Gasteiger charge is -2.28. The highest BCUT2D eigenvalue weighted by atomic mass is 16.5. The fraction of sp³-hybridized carbons (Fsp3) is 0.217. The molecule has 0 fully saturated rings. The van der Waals surface area contributed by atoms with Gasteiger partial charge in [0.1, 0.15) is 5.75 Å². The lowest BCUT2D eigenvalue weighted by molar-refractivity contribution is 0.0702. The van der Waals surface area contributed by atoms with E-state index in [2.05, 4.69) is 10.6 Å². The highest BCUT2D eigenvalue weighted by molar-refractivity contribution is 5.92. The lowest BCUT2D eigenvalue weighted by Crippen LogP contribution is -2.36. The number of benzene rings is 2. The average Bonchev–Trinajstić information content (AvgIpc) is 3.32. The molecule has 0 aliphatic carbocycles. The second kappa shape index (κ2) is 8.73. The van der Waals surface area contributed by atoms with Crippen LogP contribution in [0, 0.1) is 0 Å². The van der Waals surface area contributed by atoms with Crippen LogP contribution in [0.5, 0.6) is 5.75 Å². The van der Waals surface area contributed by atoms with Gasteiger partial charge in [0.2, 0.25) is 0 Å². The second-order valence-electron chi connectivity index (χ2n) is 7.09. The number of furan rings is 1. The minimum Gasteiger partial charge on any atom is -0.497 e. The van der Waals surface area contributed by atoms with Crippen LogP contribution >= 0.6 is 0 Å². The molecule has 4 rings (SSSR count). The predicted molar refractivity (Wildman–Crippen MR) is 112 cm³/mol. The van der Waals surface area contributed by atoms with Crippen LogP contribution in [0.25, 0.3) is 0 Å². The van der Waals surface area contributed by atoms with Crippen molar-refractivity contribution in [2.45, 2.75) is 19.5 Å². The minimum absolute atomic E-state index is 0.124. The quantitative estimate of drug-likeness (QED) is 0.676. The molecule has 1 aliphatic rings. The van der Waals surface area contributed by atoms with E-state index in [9.17, 15) is 9.59 Å². The first-order valence-corrected chi connectivity index (χ1v) is 9.75. The number of amides is 3. The van der Waals surface area contributed by atoms with Gasteiger partial charge in [0.15, 0.2) is 5.76 Å². The number of hydrogen-bond acceptors (Lipinski definition) is 4. The van der Waals surface area contributed by atoms with Crippen molar-refractivity contribution in [3.8, 4) is 5.75 Å². The molecule has 30 heavy (non-hydrogen) atoms. The summed E-state index contributed by atoms with van der Waals surface area (Å²) in [5, 5.41) is 5.70. The zero-order chi connectivity index (χ0) is 20.9. The summed E-state index contributed by atoms with van der Waals surface area (Å²) in [6.45, 7) is 1.53. The molecule has 2 aromatic carbocycles. The van der Waals surface area contributed by atoms with E-state index in [1.807, 2.05) is 42.5 Å². The smallest absolute Gasteiger partial charge is 0.319 e. The molecular formula is C23H23N3O4. The first-order chi connectivity index (χ1) is 14.6. The molecular weight excluding hydrogens is 382 g/mol. The topological polar surface area (TPSA) is 83.8 Å². The number of nitrogens with zero attached hydrogens (tertiary/aromatic N) is 1. The Labute approximate surface area is 174 Å². The Morgan fingerprint density at radius 2 is 1.93 bits per heavy atom. The molecule has 1 aromatic heterocycles. The molecule has 2 heterocycles. The van der Waals surface area contributed by atoms with E-state index in [4.69, 9.17) is 9.15 Å². The van der Waals surface area contributed by atoms with Gasteiger partial charge in [0.25, 0.3) is 5.91 Å². The van der Waals surface area contributed by atoms with Gasteiger partial charge in [-0.05, 0) is 59.5 Å². The zero-order valence-electron chi connectivity index (χ0n) is 16.7. The maximum Gasteiger partial charge on any atom is 0.319 e. The third kappa shape index (κ3) is 4.46. The molecule has 2 N–H and O–H groups in total. The number of methoxy groups -OCH3 is 1. The summed E-state index contributed by atoms with van der Waals surface area (Å²) in [6.07, 6.45) is 2.27. The fourth-order valence-corrected chi connectivity index (χ4v) is 3.47. The average molecular weight is 405 g/mol. The molecule has 7 heteroatoms. The van der Waals surface area contributed by atoms with Gasteiger partial charge in [-0.3, -0.25) is 4.79 Å². The van der Waals surface area contributed by atoms with Gasteiger partial charge in [-0.25, -0.2) is 4.79 Å². The van der Waals surface area contributed by atoms with E-state index in [0.717, 1.165) is 23.3 Å². The Bertz CT molecular complexity index is 1030. The molecule has 3 aromatic rings. The number of carbonyl (C=O) groups excluding carboxylic acids is 2. The van der Waals surface area contributed by atoms with Crippen LogP contribution in [0.15, 0.2) is 65.3 Å². The molecule has 0 atom stereocenters. The Hall–Kier alpha value is -3.74. The van der Waals surface area contributed by atoms with Crippen LogP contribution in [0.3, 0.4) is 0 Å². The summed E-state index contributed by atoms with van der Waals surface area (Å²) in [4.78, 5) is 26.6. The molecule has 0 saturated heterocycles. The maximum atomic E-state index is 12.5. The summed E-state index contributed by atoms with van der Waals surface area (Å²) in [6, 6.07) is 16.4. The van der Waals surface area contributed by atoms with E-state index in [1.54, 1.807) is 24.1 Å². The van der Waals surface area contributed by atoms with Gasteiger partial charge in [0.05, 0.1) is 13.4 Å². The number of hydrogen-bond donors (Lipinski definition) is 2. The summed E-state index contributed by atoms with van der Waals surface area (Å²) in [5.74, 6) is 0.990. The molecule has 3 amide bonds. The molecule has 0 unspecified atom stereocenters. The van der Waals surface area contributed by atoms with Gasteiger partial charge >= 0.3 is 6.03 Å². The van der Waals surface area contributed by atoms with Crippen molar-refractivity contribution in [2.24, 2.45) is 0 Å². The van der Waals surface area contributed by atoms with Crippen LogP contribution in [0.4, 0.5) is 10.5 Å². The number of urea groups is 1. The Morgan fingerprint density at radius 3 is 2.67 bits per heavy atom. The monoisotopic (exact) mass is 405 g/mol. The normalized spacial score (nSPS) is 12.8. The third-order valence-corrected chi connectivity index (χ3v) is 5.11. The number of nitrogens with one attached hydrogen (secondary N) is 2. The summed E-state index contributed by atoms with van der Waals surface area (Å²) in [7, 11) is 1.62. The number of carbonyl (C=O) groups is 2. The van der Waals surface area contributed by atoms with Crippen molar-refractivity contribution in [3.63, 3.8) is 0 Å². The van der Waals surface area contributed by atoms with Crippen LogP contribution in [0.2, 0.25) is 0 Å². The summed E-state index contributed by atoms with van der Waals surface area (Å²) < 4.78 is 10.4. The van der Waals surface area contributed by atoms with E-state index < -0.39 is 0 Å². The van der Waals surface area contributed by atoms with E-state index in [0.29, 0.717) is 31.1 Å².